The molecule has 2 aliphatic heterocycles. The molecule has 11 heteroatoms. The Hall–Kier alpha value is -4.51. The Balaban J connectivity index is 1.16. The fourth-order valence-corrected chi connectivity index (χ4v) is 6.83. The van der Waals surface area contributed by atoms with Crippen molar-refractivity contribution < 1.29 is 29.0 Å². The standard InChI is InChI=1S/C35H41N5O6/c1-23(46-19-25-12-8-5-9-13-25)29(33(44)45)37-30(41)28-18-38(20-35(28)21-39(22-35)32(43)27-14-34(27,2)3)31(42)26-15-36-40(17-26)16-24-10-6-4-7-11-24/h4-13,15,17,23,27-29H,14,16,18-22H2,1-3H3,(H,37,41)(H,44,45)/t23-,27-,28?,29+/m1/s1. The second-order valence-electron chi connectivity index (χ2n) is 13.8. The zero-order valence-corrected chi connectivity index (χ0v) is 26.5. The Labute approximate surface area is 268 Å². The topological polar surface area (TPSA) is 134 Å². The molecule has 3 fully saturated rings. The van der Waals surface area contributed by atoms with Gasteiger partial charge in [0.1, 0.15) is 0 Å². The summed E-state index contributed by atoms with van der Waals surface area (Å²) >= 11 is 0. The molecule has 1 unspecified atom stereocenters. The molecular weight excluding hydrogens is 586 g/mol. The first-order valence-corrected chi connectivity index (χ1v) is 15.8. The van der Waals surface area contributed by atoms with Crippen LogP contribution in [0.3, 0.4) is 0 Å². The monoisotopic (exact) mass is 627 g/mol. The molecule has 0 bridgehead atoms. The van der Waals surface area contributed by atoms with E-state index in [-0.39, 0.29) is 42.8 Å². The van der Waals surface area contributed by atoms with E-state index in [0.29, 0.717) is 25.2 Å². The van der Waals surface area contributed by atoms with Gasteiger partial charge in [0, 0.05) is 43.7 Å². The van der Waals surface area contributed by atoms with Crippen molar-refractivity contribution in [2.45, 2.75) is 52.5 Å². The quantitative estimate of drug-likeness (QED) is 0.334. The van der Waals surface area contributed by atoms with Gasteiger partial charge < -0.3 is 25.0 Å². The van der Waals surface area contributed by atoms with Gasteiger partial charge in [-0.3, -0.25) is 19.1 Å². The number of benzene rings is 2. The molecule has 0 radical (unpaired) electrons. The molecule has 242 valence electrons. The number of carboxylic acid groups (broad SMARTS) is 1. The molecule has 1 aromatic heterocycles. The molecule has 6 rings (SSSR count). The first-order chi connectivity index (χ1) is 22.0. The van der Waals surface area contributed by atoms with Crippen molar-refractivity contribution in [2.75, 3.05) is 26.2 Å². The van der Waals surface area contributed by atoms with Crippen LogP contribution in [0.25, 0.3) is 0 Å². The average molecular weight is 628 g/mol. The molecule has 1 saturated carbocycles. The summed E-state index contributed by atoms with van der Waals surface area (Å²) in [5.41, 5.74) is 1.64. The average Bonchev–Trinajstić information content (AvgIpc) is 3.34. The highest BCUT2D eigenvalue weighted by atomic mass is 16.5. The number of nitrogens with one attached hydrogen (secondary N) is 1. The van der Waals surface area contributed by atoms with Gasteiger partial charge in [0.15, 0.2) is 6.04 Å². The van der Waals surface area contributed by atoms with Gasteiger partial charge in [-0.05, 0) is 29.9 Å². The van der Waals surface area contributed by atoms with Gasteiger partial charge in [0.25, 0.3) is 5.91 Å². The zero-order valence-electron chi connectivity index (χ0n) is 26.5. The van der Waals surface area contributed by atoms with Crippen LogP contribution in [-0.2, 0) is 32.3 Å². The normalized spacial score (nSPS) is 22.2. The number of likely N-dealkylation sites (tertiary alicyclic amines) is 2. The lowest BCUT2D eigenvalue weighted by atomic mass is 9.70. The van der Waals surface area contributed by atoms with E-state index in [9.17, 15) is 24.3 Å². The van der Waals surface area contributed by atoms with Crippen LogP contribution in [0.2, 0.25) is 0 Å². The summed E-state index contributed by atoms with van der Waals surface area (Å²) in [5, 5.41) is 17.1. The van der Waals surface area contributed by atoms with Crippen molar-refractivity contribution in [3.8, 4) is 0 Å². The summed E-state index contributed by atoms with van der Waals surface area (Å²) in [7, 11) is 0. The molecule has 2 saturated heterocycles. The second kappa shape index (κ2) is 12.4. The van der Waals surface area contributed by atoms with E-state index < -0.39 is 35.4 Å². The van der Waals surface area contributed by atoms with Crippen molar-refractivity contribution >= 4 is 23.7 Å². The Kier molecular flexibility index (Phi) is 8.45. The summed E-state index contributed by atoms with van der Waals surface area (Å²) in [6.45, 7) is 7.54. The number of nitrogens with zero attached hydrogens (tertiary/aromatic N) is 4. The van der Waals surface area contributed by atoms with E-state index in [1.807, 2.05) is 60.7 Å². The van der Waals surface area contributed by atoms with E-state index in [2.05, 4.69) is 24.3 Å². The summed E-state index contributed by atoms with van der Waals surface area (Å²) in [6.07, 6.45) is 3.25. The number of carbonyl (C=O) groups excluding carboxylic acids is 3. The fourth-order valence-electron chi connectivity index (χ4n) is 6.83. The third-order valence-electron chi connectivity index (χ3n) is 9.84. The molecular formula is C35H41N5O6. The smallest absolute Gasteiger partial charge is 0.328 e. The summed E-state index contributed by atoms with van der Waals surface area (Å²) < 4.78 is 7.55. The van der Waals surface area contributed by atoms with Crippen LogP contribution in [0, 0.1) is 22.7 Å². The van der Waals surface area contributed by atoms with Crippen LogP contribution in [0.15, 0.2) is 73.1 Å². The maximum Gasteiger partial charge on any atom is 0.328 e. The van der Waals surface area contributed by atoms with Crippen LogP contribution in [0.4, 0.5) is 0 Å². The van der Waals surface area contributed by atoms with Gasteiger partial charge in [-0.2, -0.15) is 5.10 Å². The second-order valence-corrected chi connectivity index (χ2v) is 13.8. The molecule has 3 aliphatic rings. The van der Waals surface area contributed by atoms with Crippen LogP contribution in [0.1, 0.15) is 48.7 Å². The lowest BCUT2D eigenvalue weighted by Gasteiger charge is -2.50. The molecule has 1 aliphatic carbocycles. The highest BCUT2D eigenvalue weighted by Crippen LogP contribution is 2.54. The number of aliphatic carboxylic acids is 1. The molecule has 3 amide bonds. The lowest BCUT2D eigenvalue weighted by molar-refractivity contribution is -0.153. The molecule has 2 aromatic carbocycles. The Morgan fingerprint density at radius 2 is 1.57 bits per heavy atom. The number of amides is 3. The molecule has 3 aromatic rings. The highest BCUT2D eigenvalue weighted by Gasteiger charge is 2.62. The van der Waals surface area contributed by atoms with E-state index in [1.165, 1.54) is 6.20 Å². The predicted octanol–water partition coefficient (Wildman–Crippen LogP) is 3.05. The molecule has 3 heterocycles. The van der Waals surface area contributed by atoms with Crippen molar-refractivity contribution in [3.05, 3.63) is 89.7 Å². The molecule has 46 heavy (non-hydrogen) atoms. The number of carbonyl (C=O) groups is 4. The molecule has 11 nitrogen and oxygen atoms in total. The number of carboxylic acids is 1. The van der Waals surface area contributed by atoms with Crippen LogP contribution in [0.5, 0.6) is 0 Å². The number of ether oxygens (including phenoxy) is 1. The number of rotatable bonds is 11. The summed E-state index contributed by atoms with van der Waals surface area (Å²) in [5.74, 6) is -2.58. The van der Waals surface area contributed by atoms with Crippen molar-refractivity contribution in [1.29, 1.82) is 0 Å². The fraction of sp³-hybridized carbons (Fsp3) is 0.457. The number of hydrogen-bond acceptors (Lipinski definition) is 6. The van der Waals surface area contributed by atoms with Crippen molar-refractivity contribution in [2.24, 2.45) is 22.7 Å². The predicted molar refractivity (Wildman–Crippen MR) is 168 cm³/mol. The highest BCUT2D eigenvalue weighted by molar-refractivity contribution is 5.95. The van der Waals surface area contributed by atoms with E-state index >= 15 is 0 Å². The Morgan fingerprint density at radius 3 is 2.17 bits per heavy atom. The lowest BCUT2D eigenvalue weighted by Crippen LogP contribution is -2.65. The third kappa shape index (κ3) is 6.42. The first kappa shape index (κ1) is 31.5. The minimum absolute atomic E-state index is 0.0290. The minimum atomic E-state index is -1.29. The largest absolute Gasteiger partial charge is 0.480 e. The van der Waals surface area contributed by atoms with Gasteiger partial charge >= 0.3 is 5.97 Å². The minimum Gasteiger partial charge on any atom is -0.480 e. The van der Waals surface area contributed by atoms with Gasteiger partial charge in [-0.25, -0.2) is 4.79 Å². The van der Waals surface area contributed by atoms with Gasteiger partial charge in [-0.15, -0.1) is 0 Å². The third-order valence-corrected chi connectivity index (χ3v) is 9.84. The zero-order chi connectivity index (χ0) is 32.6. The number of hydrogen-bond donors (Lipinski definition) is 2. The first-order valence-electron chi connectivity index (χ1n) is 15.8. The van der Waals surface area contributed by atoms with Crippen LogP contribution >= 0.6 is 0 Å². The maximum atomic E-state index is 13.9. The molecule has 4 atom stereocenters. The summed E-state index contributed by atoms with van der Waals surface area (Å²) in [6, 6.07) is 17.9. The van der Waals surface area contributed by atoms with Gasteiger partial charge in [0.05, 0.1) is 36.9 Å². The van der Waals surface area contributed by atoms with E-state index in [4.69, 9.17) is 4.74 Å². The van der Waals surface area contributed by atoms with Gasteiger partial charge in [-0.1, -0.05) is 74.5 Å². The van der Waals surface area contributed by atoms with Gasteiger partial charge in [0.2, 0.25) is 11.8 Å². The van der Waals surface area contributed by atoms with E-state index in [1.54, 1.807) is 27.6 Å². The van der Waals surface area contributed by atoms with Crippen LogP contribution < -0.4 is 5.32 Å². The molecule has 1 spiro atoms. The van der Waals surface area contributed by atoms with E-state index in [0.717, 1.165) is 17.5 Å². The Morgan fingerprint density at radius 1 is 0.957 bits per heavy atom. The number of aromatic nitrogens is 2. The SMILES string of the molecule is C[C@@H](OCc1ccccc1)[C@H](NC(=O)C1CN(C(=O)c2cnn(Cc3ccccc3)c2)CC12CN(C(=O)[C@H]1CC1(C)C)C2)C(=O)O. The van der Waals surface area contributed by atoms with Crippen molar-refractivity contribution in [1.82, 2.24) is 24.9 Å². The van der Waals surface area contributed by atoms with Crippen LogP contribution in [-0.4, -0.2) is 86.7 Å². The molecule has 2 N–H and O–H groups in total. The Bertz CT molecular complexity index is 1600. The summed E-state index contributed by atoms with van der Waals surface area (Å²) in [4.78, 5) is 56.5. The maximum absolute atomic E-state index is 13.9. The van der Waals surface area contributed by atoms with Crippen molar-refractivity contribution in [3.63, 3.8) is 0 Å².